The quantitative estimate of drug-likeness (QED) is 0.601. The molecule has 0 atom stereocenters. The summed E-state index contributed by atoms with van der Waals surface area (Å²) in [4.78, 5) is 11.5. The lowest BCUT2D eigenvalue weighted by Crippen LogP contribution is -2.08. The number of methoxy groups -OCH3 is 1. The highest BCUT2D eigenvalue weighted by Gasteiger charge is 2.15. The first-order valence-electron chi connectivity index (χ1n) is 6.79. The van der Waals surface area contributed by atoms with Crippen LogP contribution in [0.5, 0.6) is 17.2 Å². The van der Waals surface area contributed by atoms with Crippen LogP contribution in [-0.4, -0.2) is 13.1 Å². The fourth-order valence-corrected chi connectivity index (χ4v) is 1.79. The zero-order valence-corrected chi connectivity index (χ0v) is 12.2. The minimum Gasteiger partial charge on any atom is -0.493 e. The second kappa shape index (κ2) is 7.33. The molecule has 0 spiro atoms. The minimum absolute atomic E-state index is 0.288. The largest absolute Gasteiger partial charge is 0.493 e. The van der Waals surface area contributed by atoms with Crippen LogP contribution < -0.4 is 14.2 Å². The van der Waals surface area contributed by atoms with Crippen LogP contribution in [0.4, 0.5) is 0 Å². The average molecular weight is 286 g/mol. The van der Waals surface area contributed by atoms with Crippen molar-refractivity contribution in [1.29, 1.82) is 0 Å². The molecule has 0 saturated heterocycles. The lowest BCUT2D eigenvalue weighted by molar-refractivity contribution is -0.134. The molecule has 2 aromatic carbocycles. The number of hydrogen-bond acceptors (Lipinski definition) is 4. The summed E-state index contributed by atoms with van der Waals surface area (Å²) in [5.41, 5.74) is 1.04. The summed E-state index contributed by atoms with van der Waals surface area (Å²) < 4.78 is 16.3. The maximum atomic E-state index is 11.5. The van der Waals surface area contributed by atoms with Crippen LogP contribution >= 0.6 is 0 Å². The van der Waals surface area contributed by atoms with Crippen molar-refractivity contribution in [1.82, 2.24) is 0 Å². The van der Waals surface area contributed by atoms with E-state index in [1.807, 2.05) is 30.3 Å². The number of esters is 1. The zero-order chi connectivity index (χ0) is 15.1. The Morgan fingerprint density at radius 3 is 2.38 bits per heavy atom. The standard InChI is InChI=1S/C17H18O4/c1-3-16(18)21-17-14(19-2)10-7-11-15(17)20-12-13-8-5-4-6-9-13/h4-11H,3,12H2,1-2H3. The highest BCUT2D eigenvalue weighted by molar-refractivity contribution is 5.74. The Morgan fingerprint density at radius 1 is 1.00 bits per heavy atom. The van der Waals surface area contributed by atoms with E-state index in [9.17, 15) is 4.79 Å². The summed E-state index contributed by atoms with van der Waals surface area (Å²) in [7, 11) is 1.53. The molecule has 0 unspecified atom stereocenters. The van der Waals surface area contributed by atoms with Crippen molar-refractivity contribution in [3.63, 3.8) is 0 Å². The molecule has 0 fully saturated rings. The van der Waals surface area contributed by atoms with Gasteiger partial charge in [-0.05, 0) is 17.7 Å². The molecule has 0 N–H and O–H groups in total. The van der Waals surface area contributed by atoms with E-state index in [0.717, 1.165) is 5.56 Å². The van der Waals surface area contributed by atoms with E-state index in [1.165, 1.54) is 7.11 Å². The Labute approximate surface area is 124 Å². The van der Waals surface area contributed by atoms with E-state index in [1.54, 1.807) is 25.1 Å². The monoisotopic (exact) mass is 286 g/mol. The van der Waals surface area contributed by atoms with Gasteiger partial charge in [-0.15, -0.1) is 0 Å². The number of rotatable bonds is 6. The lowest BCUT2D eigenvalue weighted by atomic mass is 10.2. The molecular weight excluding hydrogens is 268 g/mol. The zero-order valence-electron chi connectivity index (χ0n) is 12.2. The number of hydrogen-bond donors (Lipinski definition) is 0. The van der Waals surface area contributed by atoms with Crippen molar-refractivity contribution >= 4 is 5.97 Å². The molecule has 0 aliphatic heterocycles. The third-order valence-corrected chi connectivity index (χ3v) is 2.90. The van der Waals surface area contributed by atoms with Gasteiger partial charge in [0.2, 0.25) is 5.75 Å². The first-order chi connectivity index (χ1) is 10.2. The first kappa shape index (κ1) is 14.9. The SMILES string of the molecule is CCC(=O)Oc1c(OC)cccc1OCc1ccccc1. The van der Waals surface area contributed by atoms with Crippen LogP contribution in [0.2, 0.25) is 0 Å². The summed E-state index contributed by atoms with van der Waals surface area (Å²) in [5.74, 6) is 0.953. The molecule has 21 heavy (non-hydrogen) atoms. The number of carbonyl (C=O) groups is 1. The Balaban J connectivity index is 2.19. The van der Waals surface area contributed by atoms with Crippen molar-refractivity contribution in [2.45, 2.75) is 20.0 Å². The number of ether oxygens (including phenoxy) is 3. The van der Waals surface area contributed by atoms with Gasteiger partial charge in [-0.2, -0.15) is 0 Å². The van der Waals surface area contributed by atoms with E-state index in [0.29, 0.717) is 23.9 Å². The van der Waals surface area contributed by atoms with Gasteiger partial charge in [-0.25, -0.2) is 0 Å². The molecule has 0 bridgehead atoms. The molecule has 0 radical (unpaired) electrons. The van der Waals surface area contributed by atoms with Crippen molar-refractivity contribution in [3.05, 3.63) is 54.1 Å². The Kier molecular flexibility index (Phi) is 5.21. The predicted molar refractivity (Wildman–Crippen MR) is 79.7 cm³/mol. The maximum Gasteiger partial charge on any atom is 0.311 e. The number of carbonyl (C=O) groups excluding carboxylic acids is 1. The Bertz CT molecular complexity index is 593. The van der Waals surface area contributed by atoms with Gasteiger partial charge in [0.05, 0.1) is 7.11 Å². The highest BCUT2D eigenvalue weighted by atomic mass is 16.6. The van der Waals surface area contributed by atoms with Crippen LogP contribution in [0.1, 0.15) is 18.9 Å². The summed E-state index contributed by atoms with van der Waals surface area (Å²) in [6, 6.07) is 15.1. The van der Waals surface area contributed by atoms with E-state index in [-0.39, 0.29) is 12.4 Å². The molecule has 0 amide bonds. The van der Waals surface area contributed by atoms with Crippen LogP contribution in [0.15, 0.2) is 48.5 Å². The van der Waals surface area contributed by atoms with E-state index in [4.69, 9.17) is 14.2 Å². The Hall–Kier alpha value is -2.49. The summed E-state index contributed by atoms with van der Waals surface area (Å²) in [5, 5.41) is 0. The maximum absolute atomic E-state index is 11.5. The van der Waals surface area contributed by atoms with Gasteiger partial charge in [0, 0.05) is 6.42 Å². The van der Waals surface area contributed by atoms with Crippen LogP contribution in [0, 0.1) is 0 Å². The van der Waals surface area contributed by atoms with Crippen LogP contribution in [0.25, 0.3) is 0 Å². The van der Waals surface area contributed by atoms with Crippen LogP contribution in [0.3, 0.4) is 0 Å². The molecular formula is C17H18O4. The molecule has 0 aliphatic rings. The second-order valence-electron chi connectivity index (χ2n) is 4.39. The fourth-order valence-electron chi connectivity index (χ4n) is 1.79. The molecule has 0 aliphatic carbocycles. The van der Waals surface area contributed by atoms with Crippen molar-refractivity contribution in [2.75, 3.05) is 7.11 Å². The molecule has 0 heterocycles. The number of para-hydroxylation sites is 1. The fraction of sp³-hybridized carbons (Fsp3) is 0.235. The van der Waals surface area contributed by atoms with Gasteiger partial charge in [-0.1, -0.05) is 43.3 Å². The lowest BCUT2D eigenvalue weighted by Gasteiger charge is -2.14. The molecule has 2 aromatic rings. The highest BCUT2D eigenvalue weighted by Crippen LogP contribution is 2.37. The number of benzene rings is 2. The van der Waals surface area contributed by atoms with Crippen LogP contribution in [-0.2, 0) is 11.4 Å². The third kappa shape index (κ3) is 3.99. The second-order valence-corrected chi connectivity index (χ2v) is 4.39. The van der Waals surface area contributed by atoms with E-state index < -0.39 is 0 Å². The molecule has 0 saturated carbocycles. The summed E-state index contributed by atoms with van der Waals surface area (Å²) >= 11 is 0. The summed E-state index contributed by atoms with van der Waals surface area (Å²) in [6.45, 7) is 2.13. The molecule has 4 nitrogen and oxygen atoms in total. The molecule has 2 rings (SSSR count). The van der Waals surface area contributed by atoms with Crippen molar-refractivity contribution in [3.8, 4) is 17.2 Å². The first-order valence-corrected chi connectivity index (χ1v) is 6.79. The Morgan fingerprint density at radius 2 is 1.71 bits per heavy atom. The van der Waals surface area contributed by atoms with Gasteiger partial charge in [-0.3, -0.25) is 4.79 Å². The summed E-state index contributed by atoms with van der Waals surface area (Å²) in [6.07, 6.45) is 0.288. The smallest absolute Gasteiger partial charge is 0.311 e. The third-order valence-electron chi connectivity index (χ3n) is 2.90. The van der Waals surface area contributed by atoms with Gasteiger partial charge in [0.1, 0.15) is 6.61 Å². The van der Waals surface area contributed by atoms with E-state index in [2.05, 4.69) is 0 Å². The topological polar surface area (TPSA) is 44.8 Å². The molecule has 0 aromatic heterocycles. The van der Waals surface area contributed by atoms with E-state index >= 15 is 0 Å². The minimum atomic E-state index is -0.330. The van der Waals surface area contributed by atoms with Gasteiger partial charge in [0.25, 0.3) is 0 Å². The average Bonchev–Trinajstić information content (AvgIpc) is 2.54. The predicted octanol–water partition coefficient (Wildman–Crippen LogP) is 3.59. The normalized spacial score (nSPS) is 10.0. The molecule has 4 heteroatoms. The van der Waals surface area contributed by atoms with Gasteiger partial charge in [0.15, 0.2) is 11.5 Å². The van der Waals surface area contributed by atoms with Gasteiger partial charge >= 0.3 is 5.97 Å². The van der Waals surface area contributed by atoms with Crippen molar-refractivity contribution in [2.24, 2.45) is 0 Å². The molecule has 110 valence electrons. The van der Waals surface area contributed by atoms with Crippen molar-refractivity contribution < 1.29 is 19.0 Å². The van der Waals surface area contributed by atoms with Gasteiger partial charge < -0.3 is 14.2 Å².